The second-order valence-corrected chi connectivity index (χ2v) is 4.44. The summed E-state index contributed by atoms with van der Waals surface area (Å²) < 4.78 is 5.06. The lowest BCUT2D eigenvalue weighted by Gasteiger charge is -2.08. The Labute approximate surface area is 127 Å². The molecule has 0 aromatic heterocycles. The molecule has 22 heavy (non-hydrogen) atoms. The van der Waals surface area contributed by atoms with Gasteiger partial charge in [0.1, 0.15) is 6.61 Å². The van der Waals surface area contributed by atoms with Crippen molar-refractivity contribution in [1.82, 2.24) is 0 Å². The fourth-order valence-corrected chi connectivity index (χ4v) is 1.78. The Bertz CT molecular complexity index is 732. The summed E-state index contributed by atoms with van der Waals surface area (Å²) >= 11 is 0. The van der Waals surface area contributed by atoms with E-state index in [1.54, 1.807) is 0 Å². The third-order valence-electron chi connectivity index (χ3n) is 2.81. The number of rotatable bonds is 4. The number of benzene rings is 2. The Morgan fingerprint density at radius 3 is 2.55 bits per heavy atom. The minimum atomic E-state index is -1.13. The maximum atomic E-state index is 11.7. The van der Waals surface area contributed by atoms with Gasteiger partial charge in [-0.3, -0.25) is 5.32 Å². The van der Waals surface area contributed by atoms with E-state index in [0.717, 1.165) is 5.56 Å². The zero-order valence-electron chi connectivity index (χ0n) is 11.6. The summed E-state index contributed by atoms with van der Waals surface area (Å²) in [4.78, 5) is 22.7. The van der Waals surface area contributed by atoms with E-state index in [2.05, 4.69) is 11.2 Å². The van der Waals surface area contributed by atoms with Crippen LogP contribution in [0.3, 0.4) is 0 Å². The summed E-state index contributed by atoms with van der Waals surface area (Å²) in [6.45, 7) is 0.118. The summed E-state index contributed by atoms with van der Waals surface area (Å²) in [5, 5.41) is 11.5. The lowest BCUT2D eigenvalue weighted by Crippen LogP contribution is -2.14. The highest BCUT2D eigenvalue weighted by Crippen LogP contribution is 2.15. The summed E-state index contributed by atoms with van der Waals surface area (Å²) in [7, 11) is 0. The molecule has 5 nitrogen and oxygen atoms in total. The molecule has 2 aromatic rings. The van der Waals surface area contributed by atoms with Gasteiger partial charge in [-0.2, -0.15) is 0 Å². The van der Waals surface area contributed by atoms with Crippen LogP contribution < -0.4 is 5.32 Å². The highest BCUT2D eigenvalue weighted by atomic mass is 16.5. The molecular formula is C17H13NO4. The van der Waals surface area contributed by atoms with Gasteiger partial charge in [0.05, 0.1) is 5.56 Å². The van der Waals surface area contributed by atoms with Gasteiger partial charge >= 0.3 is 12.1 Å². The van der Waals surface area contributed by atoms with Gasteiger partial charge in [0, 0.05) is 11.3 Å². The number of hydrogen-bond donors (Lipinski definition) is 2. The van der Waals surface area contributed by atoms with Gasteiger partial charge in [-0.15, -0.1) is 6.42 Å². The van der Waals surface area contributed by atoms with Crippen molar-refractivity contribution in [3.63, 3.8) is 0 Å². The van der Waals surface area contributed by atoms with Gasteiger partial charge < -0.3 is 9.84 Å². The Balaban J connectivity index is 2.03. The number of hydrogen-bond acceptors (Lipinski definition) is 3. The number of nitrogens with one attached hydrogen (secondary N) is 1. The third-order valence-corrected chi connectivity index (χ3v) is 2.81. The van der Waals surface area contributed by atoms with Gasteiger partial charge in [-0.25, -0.2) is 9.59 Å². The van der Waals surface area contributed by atoms with Crippen molar-refractivity contribution in [2.45, 2.75) is 6.61 Å². The van der Waals surface area contributed by atoms with E-state index in [-0.39, 0.29) is 17.9 Å². The lowest BCUT2D eigenvalue weighted by molar-refractivity contribution is 0.0696. The Morgan fingerprint density at radius 1 is 1.18 bits per heavy atom. The van der Waals surface area contributed by atoms with E-state index in [1.165, 1.54) is 18.2 Å². The Kier molecular flexibility index (Phi) is 4.78. The van der Waals surface area contributed by atoms with E-state index < -0.39 is 12.1 Å². The topological polar surface area (TPSA) is 75.6 Å². The largest absolute Gasteiger partial charge is 0.478 e. The van der Waals surface area contributed by atoms with Crippen molar-refractivity contribution in [1.29, 1.82) is 0 Å². The lowest BCUT2D eigenvalue weighted by atomic mass is 10.1. The molecule has 0 heterocycles. The molecule has 0 radical (unpaired) electrons. The first-order valence-corrected chi connectivity index (χ1v) is 6.41. The minimum Gasteiger partial charge on any atom is -0.478 e. The van der Waals surface area contributed by atoms with E-state index in [1.807, 2.05) is 30.3 Å². The van der Waals surface area contributed by atoms with Crippen LogP contribution in [0.1, 0.15) is 21.5 Å². The minimum absolute atomic E-state index is 0.00573. The molecule has 0 unspecified atom stereocenters. The first-order chi connectivity index (χ1) is 10.6. The molecule has 110 valence electrons. The number of amides is 1. The molecule has 0 aliphatic carbocycles. The smallest absolute Gasteiger partial charge is 0.411 e. The number of carbonyl (C=O) groups excluding carboxylic acids is 1. The standard InChI is InChI=1S/C17H13NO4/c1-2-12-8-14(16(19)20)10-15(9-12)18-17(21)22-11-13-6-4-3-5-7-13/h1,3-10H,11H2,(H,18,21)(H,19,20). The van der Waals surface area contributed by atoms with E-state index in [9.17, 15) is 9.59 Å². The Hall–Kier alpha value is -3.26. The molecule has 2 N–H and O–H groups in total. The maximum absolute atomic E-state index is 11.7. The highest BCUT2D eigenvalue weighted by molar-refractivity contribution is 5.92. The van der Waals surface area contributed by atoms with Crippen LogP contribution in [0.2, 0.25) is 0 Å². The van der Waals surface area contributed by atoms with Crippen LogP contribution in [0.25, 0.3) is 0 Å². The molecule has 0 bridgehead atoms. The predicted octanol–water partition coefficient (Wildman–Crippen LogP) is 3.11. The summed E-state index contributed by atoms with van der Waals surface area (Å²) in [5.41, 5.74) is 1.47. The van der Waals surface area contributed by atoms with Crippen molar-refractivity contribution in [2.24, 2.45) is 0 Å². The fraction of sp³-hybridized carbons (Fsp3) is 0.0588. The van der Waals surface area contributed by atoms with E-state index >= 15 is 0 Å². The molecule has 1 amide bonds. The van der Waals surface area contributed by atoms with E-state index in [0.29, 0.717) is 5.56 Å². The number of carboxylic acids is 1. The van der Waals surface area contributed by atoms with Crippen molar-refractivity contribution >= 4 is 17.7 Å². The molecule has 0 aliphatic rings. The van der Waals surface area contributed by atoms with Crippen LogP contribution in [-0.4, -0.2) is 17.2 Å². The van der Waals surface area contributed by atoms with Gasteiger partial charge in [0.25, 0.3) is 0 Å². The molecule has 0 saturated carbocycles. The number of ether oxygens (including phenoxy) is 1. The first-order valence-electron chi connectivity index (χ1n) is 6.41. The zero-order chi connectivity index (χ0) is 15.9. The number of carboxylic acid groups (broad SMARTS) is 1. The summed E-state index contributed by atoms with van der Waals surface area (Å²) in [6, 6.07) is 13.4. The number of aromatic carboxylic acids is 1. The van der Waals surface area contributed by atoms with Crippen LogP contribution in [0.15, 0.2) is 48.5 Å². The van der Waals surface area contributed by atoms with Gasteiger partial charge in [-0.05, 0) is 23.8 Å². The molecule has 0 fully saturated rings. The maximum Gasteiger partial charge on any atom is 0.411 e. The first kappa shape index (κ1) is 15.1. The van der Waals surface area contributed by atoms with Crippen LogP contribution in [0.4, 0.5) is 10.5 Å². The molecule has 2 rings (SSSR count). The monoisotopic (exact) mass is 295 g/mol. The molecule has 5 heteroatoms. The van der Waals surface area contributed by atoms with Crippen molar-refractivity contribution < 1.29 is 19.4 Å². The summed E-state index contributed by atoms with van der Waals surface area (Å²) in [5.74, 6) is 1.21. The third kappa shape index (κ3) is 4.12. The molecule has 0 saturated heterocycles. The summed E-state index contributed by atoms with van der Waals surface area (Å²) in [6.07, 6.45) is 4.58. The second-order valence-electron chi connectivity index (χ2n) is 4.44. The SMILES string of the molecule is C#Cc1cc(NC(=O)OCc2ccccc2)cc(C(=O)O)c1. The average Bonchev–Trinajstić information content (AvgIpc) is 2.53. The zero-order valence-corrected chi connectivity index (χ0v) is 11.6. The van der Waals surface area contributed by atoms with Crippen molar-refractivity contribution in [3.8, 4) is 12.3 Å². The van der Waals surface area contributed by atoms with Crippen molar-refractivity contribution in [3.05, 3.63) is 65.2 Å². The van der Waals surface area contributed by atoms with Crippen LogP contribution >= 0.6 is 0 Å². The quantitative estimate of drug-likeness (QED) is 0.850. The molecular weight excluding hydrogens is 282 g/mol. The Morgan fingerprint density at radius 2 is 1.91 bits per heavy atom. The highest BCUT2D eigenvalue weighted by Gasteiger charge is 2.09. The number of terminal acetylenes is 1. The number of anilines is 1. The molecule has 0 atom stereocenters. The van der Waals surface area contributed by atoms with Gasteiger partial charge in [0.15, 0.2) is 0 Å². The number of carbonyl (C=O) groups is 2. The van der Waals surface area contributed by atoms with Crippen LogP contribution in [0, 0.1) is 12.3 Å². The van der Waals surface area contributed by atoms with Crippen LogP contribution in [-0.2, 0) is 11.3 Å². The average molecular weight is 295 g/mol. The van der Waals surface area contributed by atoms with Crippen LogP contribution in [0.5, 0.6) is 0 Å². The molecule has 2 aromatic carbocycles. The normalized spacial score (nSPS) is 9.59. The fourth-order valence-electron chi connectivity index (χ4n) is 1.78. The van der Waals surface area contributed by atoms with Crippen molar-refractivity contribution in [2.75, 3.05) is 5.32 Å². The second kappa shape index (κ2) is 6.95. The predicted molar refractivity (Wildman–Crippen MR) is 81.6 cm³/mol. The molecule has 0 spiro atoms. The van der Waals surface area contributed by atoms with E-state index in [4.69, 9.17) is 16.3 Å². The van der Waals surface area contributed by atoms with Gasteiger partial charge in [0.2, 0.25) is 0 Å². The van der Waals surface area contributed by atoms with Gasteiger partial charge in [-0.1, -0.05) is 36.3 Å². The molecule has 0 aliphatic heterocycles.